The molecule has 1 nitrogen and oxygen atoms in total. The maximum atomic E-state index is 5.31. The first-order chi connectivity index (χ1) is 4.93. The van der Waals surface area contributed by atoms with Crippen molar-refractivity contribution in [3.05, 3.63) is 0 Å². The Labute approximate surface area is 61.8 Å². The van der Waals surface area contributed by atoms with E-state index in [0.29, 0.717) is 0 Å². The van der Waals surface area contributed by atoms with Crippen LogP contribution in [0.2, 0.25) is 0 Å². The summed E-state index contributed by atoms with van der Waals surface area (Å²) in [6.07, 6.45) is 7.70. The molecule has 0 amide bonds. The second kappa shape index (κ2) is 3.99. The van der Waals surface area contributed by atoms with Gasteiger partial charge in [-0.1, -0.05) is 11.8 Å². The molecule has 0 aromatic heterocycles. The normalized spacial score (nSPS) is 22.5. The summed E-state index contributed by atoms with van der Waals surface area (Å²) >= 11 is 0. The molecule has 0 aromatic carbocycles. The lowest BCUT2D eigenvalue weighted by atomic mass is 10.2. The molecule has 1 rings (SSSR count). The van der Waals surface area contributed by atoms with Crippen molar-refractivity contribution in [2.45, 2.75) is 25.4 Å². The second-order valence-electron chi connectivity index (χ2n) is 2.17. The molecule has 0 N–H and O–H groups in total. The van der Waals surface area contributed by atoms with Gasteiger partial charge in [-0.3, -0.25) is 0 Å². The van der Waals surface area contributed by atoms with Crippen LogP contribution in [-0.2, 0) is 4.74 Å². The molecule has 0 aromatic rings. The van der Waals surface area contributed by atoms with Crippen LogP contribution in [-0.4, -0.2) is 12.7 Å². The molecule has 0 fully saturated rings. The first-order valence-corrected chi connectivity index (χ1v) is 3.47. The Morgan fingerprint density at radius 2 is 2.60 bits per heavy atom. The van der Waals surface area contributed by atoms with Gasteiger partial charge in [0, 0.05) is 12.8 Å². The van der Waals surface area contributed by atoms with Gasteiger partial charge in [0.15, 0.2) is 0 Å². The fraction of sp³-hybridized carbons (Fsp3) is 0.556. The van der Waals surface area contributed by atoms with E-state index in [1.165, 1.54) is 0 Å². The van der Waals surface area contributed by atoms with E-state index in [-0.39, 0.29) is 6.10 Å². The Morgan fingerprint density at radius 3 is 3.20 bits per heavy atom. The highest BCUT2D eigenvalue weighted by molar-refractivity contribution is 5.08. The zero-order valence-corrected chi connectivity index (χ0v) is 5.89. The predicted molar refractivity (Wildman–Crippen MR) is 40.2 cm³/mol. The van der Waals surface area contributed by atoms with E-state index >= 15 is 0 Å². The summed E-state index contributed by atoms with van der Waals surface area (Å²) in [5, 5.41) is 0. The molecule has 1 heteroatoms. The predicted octanol–water partition coefficient (Wildman–Crippen LogP) is 1.19. The smallest absolute Gasteiger partial charge is 0.119 e. The van der Waals surface area contributed by atoms with Crippen molar-refractivity contribution in [1.82, 2.24) is 0 Å². The van der Waals surface area contributed by atoms with E-state index in [4.69, 9.17) is 11.2 Å². The number of ether oxygens (including phenoxy) is 1. The Bertz CT molecular complexity index is 189. The highest BCUT2D eigenvalue weighted by Gasteiger charge is 2.05. The zero-order valence-electron chi connectivity index (χ0n) is 5.89. The van der Waals surface area contributed by atoms with Crippen molar-refractivity contribution in [3.8, 4) is 24.2 Å². The Morgan fingerprint density at radius 1 is 1.70 bits per heavy atom. The van der Waals surface area contributed by atoms with Crippen LogP contribution in [0.3, 0.4) is 0 Å². The SMILES string of the molecule is C#CCCC1C#CCCO1. The Kier molecular flexibility index (Phi) is 2.87. The molecule has 0 bridgehead atoms. The lowest BCUT2D eigenvalue weighted by Gasteiger charge is -2.12. The molecule has 1 atom stereocenters. The number of terminal acetylenes is 1. The van der Waals surface area contributed by atoms with Gasteiger partial charge in [0.25, 0.3) is 0 Å². The van der Waals surface area contributed by atoms with E-state index in [9.17, 15) is 0 Å². The van der Waals surface area contributed by atoms with Crippen LogP contribution in [0, 0.1) is 24.2 Å². The van der Waals surface area contributed by atoms with Gasteiger partial charge in [0.2, 0.25) is 0 Å². The minimum Gasteiger partial charge on any atom is -0.365 e. The molecule has 10 heavy (non-hydrogen) atoms. The van der Waals surface area contributed by atoms with Crippen molar-refractivity contribution >= 4 is 0 Å². The highest BCUT2D eigenvalue weighted by Crippen LogP contribution is 2.04. The van der Waals surface area contributed by atoms with Gasteiger partial charge in [-0.2, -0.15) is 0 Å². The summed E-state index contributed by atoms with van der Waals surface area (Å²) < 4.78 is 5.31. The van der Waals surface area contributed by atoms with Gasteiger partial charge in [-0.05, 0) is 6.42 Å². The fourth-order valence-electron chi connectivity index (χ4n) is 0.850. The van der Waals surface area contributed by atoms with Gasteiger partial charge in [-0.15, -0.1) is 12.3 Å². The molecule has 52 valence electrons. The molecule has 1 unspecified atom stereocenters. The molecule has 1 aliphatic rings. The van der Waals surface area contributed by atoms with Crippen LogP contribution < -0.4 is 0 Å². The lowest BCUT2D eigenvalue weighted by molar-refractivity contribution is 0.0859. The average molecular weight is 134 g/mol. The first kappa shape index (κ1) is 7.19. The van der Waals surface area contributed by atoms with Crippen molar-refractivity contribution in [1.29, 1.82) is 0 Å². The van der Waals surface area contributed by atoms with Crippen molar-refractivity contribution in [3.63, 3.8) is 0 Å². The van der Waals surface area contributed by atoms with E-state index in [0.717, 1.165) is 25.9 Å². The number of hydrogen-bond acceptors (Lipinski definition) is 1. The van der Waals surface area contributed by atoms with Gasteiger partial charge >= 0.3 is 0 Å². The van der Waals surface area contributed by atoms with E-state index < -0.39 is 0 Å². The van der Waals surface area contributed by atoms with Gasteiger partial charge in [0.1, 0.15) is 6.10 Å². The molecule has 0 saturated carbocycles. The maximum absolute atomic E-state index is 5.31. The van der Waals surface area contributed by atoms with Crippen molar-refractivity contribution < 1.29 is 4.74 Å². The Balaban J connectivity index is 2.26. The average Bonchev–Trinajstić information content (AvgIpc) is 2.03. The van der Waals surface area contributed by atoms with Crippen molar-refractivity contribution in [2.75, 3.05) is 6.61 Å². The largest absolute Gasteiger partial charge is 0.365 e. The molecule has 0 radical (unpaired) electrons. The third-order valence-electron chi connectivity index (χ3n) is 1.36. The number of hydrogen-bond donors (Lipinski definition) is 0. The number of rotatable bonds is 2. The zero-order chi connectivity index (χ0) is 7.23. The molecule has 0 saturated heterocycles. The van der Waals surface area contributed by atoms with Crippen molar-refractivity contribution in [2.24, 2.45) is 0 Å². The first-order valence-electron chi connectivity index (χ1n) is 3.47. The molecular formula is C9H10O. The summed E-state index contributed by atoms with van der Waals surface area (Å²) in [7, 11) is 0. The monoisotopic (exact) mass is 134 g/mol. The minimum absolute atomic E-state index is 0.102. The molecule has 1 aliphatic heterocycles. The summed E-state index contributed by atoms with van der Waals surface area (Å²) in [6.45, 7) is 0.766. The fourth-order valence-corrected chi connectivity index (χ4v) is 0.850. The van der Waals surface area contributed by atoms with Crippen LogP contribution in [0.25, 0.3) is 0 Å². The topological polar surface area (TPSA) is 9.23 Å². The highest BCUT2D eigenvalue weighted by atomic mass is 16.5. The summed E-state index contributed by atoms with van der Waals surface area (Å²) in [4.78, 5) is 0. The molecular weight excluding hydrogens is 124 g/mol. The van der Waals surface area contributed by atoms with Crippen LogP contribution >= 0.6 is 0 Å². The quantitative estimate of drug-likeness (QED) is 0.515. The third-order valence-corrected chi connectivity index (χ3v) is 1.36. The summed E-state index contributed by atoms with van der Waals surface area (Å²) in [6, 6.07) is 0. The van der Waals surface area contributed by atoms with Gasteiger partial charge in [0.05, 0.1) is 6.61 Å². The molecule has 1 heterocycles. The Hall–Kier alpha value is -0.920. The van der Waals surface area contributed by atoms with E-state index in [2.05, 4.69) is 17.8 Å². The summed E-state index contributed by atoms with van der Waals surface area (Å²) in [5.41, 5.74) is 0. The third kappa shape index (κ3) is 2.13. The minimum atomic E-state index is 0.102. The van der Waals surface area contributed by atoms with Crippen LogP contribution in [0.15, 0.2) is 0 Å². The second-order valence-corrected chi connectivity index (χ2v) is 2.17. The van der Waals surface area contributed by atoms with Gasteiger partial charge < -0.3 is 4.74 Å². The lowest BCUT2D eigenvalue weighted by Crippen LogP contribution is -2.14. The van der Waals surface area contributed by atoms with Gasteiger partial charge in [-0.25, -0.2) is 0 Å². The molecule has 0 aliphatic carbocycles. The van der Waals surface area contributed by atoms with Crippen LogP contribution in [0.4, 0.5) is 0 Å². The van der Waals surface area contributed by atoms with E-state index in [1.54, 1.807) is 0 Å². The van der Waals surface area contributed by atoms with E-state index in [1.807, 2.05) is 0 Å². The van der Waals surface area contributed by atoms with Crippen LogP contribution in [0.1, 0.15) is 19.3 Å². The molecule has 0 spiro atoms. The standard InChI is InChI=1S/C9H10O/c1-2-3-6-9-7-4-5-8-10-9/h1,9H,3,5-6,8H2. The van der Waals surface area contributed by atoms with Crippen LogP contribution in [0.5, 0.6) is 0 Å². The summed E-state index contributed by atoms with van der Waals surface area (Å²) in [5.74, 6) is 8.55. The maximum Gasteiger partial charge on any atom is 0.119 e.